The summed E-state index contributed by atoms with van der Waals surface area (Å²) in [5.74, 6) is -0.640. The number of sulfonamides is 1. The molecule has 0 saturated carbocycles. The van der Waals surface area contributed by atoms with Crippen LogP contribution in [0.5, 0.6) is 0 Å². The van der Waals surface area contributed by atoms with Crippen LogP contribution in [0.4, 0.5) is 10.1 Å². The van der Waals surface area contributed by atoms with Crippen LogP contribution in [0, 0.1) is 5.82 Å². The Bertz CT molecular complexity index is 850. The highest BCUT2D eigenvalue weighted by Crippen LogP contribution is 2.18. The molecule has 1 amide bonds. The molecule has 1 N–H and O–H groups in total. The minimum Gasteiger partial charge on any atom is -0.355 e. The summed E-state index contributed by atoms with van der Waals surface area (Å²) in [5, 5.41) is 2.74. The van der Waals surface area contributed by atoms with Crippen LogP contribution < -0.4 is 9.62 Å². The summed E-state index contributed by atoms with van der Waals surface area (Å²) < 4.78 is 38.1. The smallest absolute Gasteiger partial charge is 0.240 e. The van der Waals surface area contributed by atoms with Gasteiger partial charge in [-0.25, -0.2) is 12.8 Å². The lowest BCUT2D eigenvalue weighted by atomic mass is 10.1. The van der Waals surface area contributed by atoms with E-state index in [2.05, 4.69) is 5.32 Å². The Morgan fingerprint density at radius 3 is 2.19 bits per heavy atom. The molecule has 146 valence electrons. The highest BCUT2D eigenvalue weighted by molar-refractivity contribution is 7.92. The lowest BCUT2D eigenvalue weighted by Crippen LogP contribution is -2.40. The summed E-state index contributed by atoms with van der Waals surface area (Å²) >= 11 is 0. The average molecular weight is 392 g/mol. The van der Waals surface area contributed by atoms with E-state index >= 15 is 0 Å². The number of amides is 1. The van der Waals surface area contributed by atoms with Crippen molar-refractivity contribution in [2.45, 2.75) is 26.2 Å². The second-order valence-electron chi connectivity index (χ2n) is 6.37. The molecule has 27 heavy (non-hydrogen) atoms. The summed E-state index contributed by atoms with van der Waals surface area (Å²) in [4.78, 5) is 12.2. The number of halogens is 1. The van der Waals surface area contributed by atoms with E-state index in [0.717, 1.165) is 28.1 Å². The molecule has 7 heteroatoms. The Labute approximate surface area is 160 Å². The Morgan fingerprint density at radius 1 is 1.04 bits per heavy atom. The van der Waals surface area contributed by atoms with Gasteiger partial charge in [-0.2, -0.15) is 0 Å². The monoisotopic (exact) mass is 392 g/mol. The minimum atomic E-state index is -3.57. The van der Waals surface area contributed by atoms with Crippen molar-refractivity contribution in [2.75, 3.05) is 23.7 Å². The van der Waals surface area contributed by atoms with Gasteiger partial charge in [-0.1, -0.05) is 31.2 Å². The maximum atomic E-state index is 12.9. The number of nitrogens with zero attached hydrogens (tertiary/aromatic N) is 1. The van der Waals surface area contributed by atoms with Crippen molar-refractivity contribution in [1.29, 1.82) is 0 Å². The van der Waals surface area contributed by atoms with Crippen molar-refractivity contribution in [3.63, 3.8) is 0 Å². The molecule has 0 saturated heterocycles. The van der Waals surface area contributed by atoms with Crippen LogP contribution in [-0.2, 0) is 27.7 Å². The standard InChI is InChI=1S/C20H25FN2O3S/c1-3-16-8-12-19(13-9-16)23(27(2,25)26)15-20(24)22-14-4-5-17-6-10-18(21)11-7-17/h6-13H,3-5,14-15H2,1-2H3,(H,22,24). The number of rotatable bonds is 9. The zero-order chi connectivity index (χ0) is 19.9. The molecule has 0 aliphatic heterocycles. The number of nitrogens with one attached hydrogen (secondary N) is 1. The van der Waals surface area contributed by atoms with E-state index in [9.17, 15) is 17.6 Å². The maximum absolute atomic E-state index is 12.9. The van der Waals surface area contributed by atoms with Crippen molar-refractivity contribution in [2.24, 2.45) is 0 Å². The van der Waals surface area contributed by atoms with Gasteiger partial charge in [0.15, 0.2) is 0 Å². The molecule has 0 aliphatic carbocycles. The second-order valence-corrected chi connectivity index (χ2v) is 8.28. The molecule has 0 fully saturated rings. The van der Waals surface area contributed by atoms with Crippen molar-refractivity contribution >= 4 is 21.6 Å². The van der Waals surface area contributed by atoms with E-state index in [1.807, 2.05) is 19.1 Å². The maximum Gasteiger partial charge on any atom is 0.240 e. The van der Waals surface area contributed by atoms with Gasteiger partial charge in [-0.3, -0.25) is 9.10 Å². The van der Waals surface area contributed by atoms with Crippen molar-refractivity contribution in [3.05, 3.63) is 65.5 Å². The highest BCUT2D eigenvalue weighted by Gasteiger charge is 2.20. The third-order valence-electron chi connectivity index (χ3n) is 4.20. The van der Waals surface area contributed by atoms with Crippen LogP contribution in [-0.4, -0.2) is 33.7 Å². The molecule has 2 rings (SSSR count). The van der Waals surface area contributed by atoms with E-state index in [1.54, 1.807) is 24.3 Å². The number of benzene rings is 2. The third kappa shape index (κ3) is 6.67. The SMILES string of the molecule is CCc1ccc(N(CC(=O)NCCCc2ccc(F)cc2)S(C)(=O)=O)cc1. The first-order valence-electron chi connectivity index (χ1n) is 8.87. The fourth-order valence-electron chi connectivity index (χ4n) is 2.66. The zero-order valence-corrected chi connectivity index (χ0v) is 16.4. The number of hydrogen-bond donors (Lipinski definition) is 1. The summed E-state index contributed by atoms with van der Waals surface area (Å²) in [6.07, 6.45) is 3.33. The molecule has 0 aromatic heterocycles. The predicted octanol–water partition coefficient (Wildman–Crippen LogP) is 2.90. The molecule has 2 aromatic carbocycles. The topological polar surface area (TPSA) is 66.5 Å². The number of carbonyl (C=O) groups excluding carboxylic acids is 1. The van der Waals surface area contributed by atoms with Crippen LogP contribution in [0.2, 0.25) is 0 Å². The Kier molecular flexibility index (Phi) is 7.36. The Balaban J connectivity index is 1.88. The molecule has 0 spiro atoms. The number of hydrogen-bond acceptors (Lipinski definition) is 3. The third-order valence-corrected chi connectivity index (χ3v) is 5.34. The first-order chi connectivity index (χ1) is 12.8. The molecule has 0 unspecified atom stereocenters. The lowest BCUT2D eigenvalue weighted by molar-refractivity contribution is -0.119. The minimum absolute atomic E-state index is 0.263. The van der Waals surface area contributed by atoms with Crippen LogP contribution >= 0.6 is 0 Å². The molecule has 0 atom stereocenters. The average Bonchev–Trinajstić information content (AvgIpc) is 2.64. The Morgan fingerprint density at radius 2 is 1.63 bits per heavy atom. The number of aryl methyl sites for hydroxylation is 2. The van der Waals surface area contributed by atoms with E-state index in [1.165, 1.54) is 12.1 Å². The van der Waals surface area contributed by atoms with E-state index in [0.29, 0.717) is 25.1 Å². The molecular formula is C20H25FN2O3S. The van der Waals surface area contributed by atoms with Gasteiger partial charge in [0, 0.05) is 6.54 Å². The summed E-state index contributed by atoms with van der Waals surface area (Å²) in [7, 11) is -3.57. The van der Waals surface area contributed by atoms with Gasteiger partial charge in [0.05, 0.1) is 11.9 Å². The fraction of sp³-hybridized carbons (Fsp3) is 0.350. The van der Waals surface area contributed by atoms with E-state index in [-0.39, 0.29) is 18.3 Å². The van der Waals surface area contributed by atoms with Gasteiger partial charge in [0.1, 0.15) is 12.4 Å². The summed E-state index contributed by atoms with van der Waals surface area (Å²) in [6.45, 7) is 2.17. The van der Waals surface area contributed by atoms with Crippen LogP contribution in [0.1, 0.15) is 24.5 Å². The molecule has 0 radical (unpaired) electrons. The van der Waals surface area contributed by atoms with E-state index in [4.69, 9.17) is 0 Å². The molecule has 0 aliphatic rings. The van der Waals surface area contributed by atoms with Crippen molar-refractivity contribution in [1.82, 2.24) is 5.32 Å². The lowest BCUT2D eigenvalue weighted by Gasteiger charge is -2.22. The normalized spacial score (nSPS) is 11.2. The summed E-state index contributed by atoms with van der Waals surface area (Å²) in [6, 6.07) is 13.4. The highest BCUT2D eigenvalue weighted by atomic mass is 32.2. The van der Waals surface area contributed by atoms with Gasteiger partial charge in [0.2, 0.25) is 15.9 Å². The molecule has 0 bridgehead atoms. The van der Waals surface area contributed by atoms with Gasteiger partial charge >= 0.3 is 0 Å². The second kappa shape index (κ2) is 9.50. The fourth-order valence-corrected chi connectivity index (χ4v) is 3.51. The predicted molar refractivity (Wildman–Crippen MR) is 106 cm³/mol. The van der Waals surface area contributed by atoms with Crippen LogP contribution in [0.25, 0.3) is 0 Å². The van der Waals surface area contributed by atoms with Crippen molar-refractivity contribution in [3.8, 4) is 0 Å². The molecular weight excluding hydrogens is 367 g/mol. The van der Waals surface area contributed by atoms with E-state index < -0.39 is 10.0 Å². The van der Waals surface area contributed by atoms with Gasteiger partial charge in [0.25, 0.3) is 0 Å². The van der Waals surface area contributed by atoms with Crippen LogP contribution in [0.15, 0.2) is 48.5 Å². The zero-order valence-electron chi connectivity index (χ0n) is 15.6. The number of anilines is 1. The first kappa shape index (κ1) is 20.9. The van der Waals surface area contributed by atoms with Gasteiger partial charge < -0.3 is 5.32 Å². The Hall–Kier alpha value is -2.41. The largest absolute Gasteiger partial charge is 0.355 e. The van der Waals surface area contributed by atoms with Crippen LogP contribution in [0.3, 0.4) is 0 Å². The van der Waals surface area contributed by atoms with Gasteiger partial charge in [-0.15, -0.1) is 0 Å². The quantitative estimate of drug-likeness (QED) is 0.668. The van der Waals surface area contributed by atoms with Crippen molar-refractivity contribution < 1.29 is 17.6 Å². The first-order valence-corrected chi connectivity index (χ1v) is 10.7. The summed E-state index contributed by atoms with van der Waals surface area (Å²) in [5.41, 5.74) is 2.55. The number of carbonyl (C=O) groups is 1. The molecule has 0 heterocycles. The molecule has 5 nitrogen and oxygen atoms in total. The van der Waals surface area contributed by atoms with Gasteiger partial charge in [-0.05, 0) is 54.7 Å². The molecule has 2 aromatic rings.